The third-order valence-corrected chi connectivity index (χ3v) is 2.33. The van der Waals surface area contributed by atoms with E-state index >= 15 is 0 Å². The molecule has 0 aliphatic carbocycles. The Morgan fingerprint density at radius 2 is 1.94 bits per heavy atom. The summed E-state index contributed by atoms with van der Waals surface area (Å²) in [6.07, 6.45) is 0. The molecular formula is C14H10NO. The SMILES string of the molecule is COc1ccc(-c2[c]ccc(C#N)c2)cc1. The predicted molar refractivity (Wildman–Crippen MR) is 62.0 cm³/mol. The fourth-order valence-electron chi connectivity index (χ4n) is 1.47. The van der Waals surface area contributed by atoms with Crippen molar-refractivity contribution in [2.75, 3.05) is 7.11 Å². The van der Waals surface area contributed by atoms with E-state index in [0.29, 0.717) is 5.56 Å². The van der Waals surface area contributed by atoms with Crippen LogP contribution in [0.4, 0.5) is 0 Å². The summed E-state index contributed by atoms with van der Waals surface area (Å²) < 4.78 is 5.09. The Morgan fingerprint density at radius 1 is 1.19 bits per heavy atom. The highest BCUT2D eigenvalue weighted by Gasteiger charge is 1.99. The first-order valence-corrected chi connectivity index (χ1v) is 4.90. The smallest absolute Gasteiger partial charge is 0.118 e. The Labute approximate surface area is 94.7 Å². The molecule has 0 unspecified atom stereocenters. The van der Waals surface area contributed by atoms with Gasteiger partial charge in [-0.2, -0.15) is 5.26 Å². The Morgan fingerprint density at radius 3 is 2.56 bits per heavy atom. The molecule has 0 N–H and O–H groups in total. The van der Waals surface area contributed by atoms with E-state index in [2.05, 4.69) is 12.1 Å². The van der Waals surface area contributed by atoms with Crippen LogP contribution in [0.3, 0.4) is 0 Å². The van der Waals surface area contributed by atoms with E-state index in [-0.39, 0.29) is 0 Å². The lowest BCUT2D eigenvalue weighted by molar-refractivity contribution is 0.415. The highest BCUT2D eigenvalue weighted by Crippen LogP contribution is 2.22. The highest BCUT2D eigenvalue weighted by molar-refractivity contribution is 5.65. The molecule has 0 bridgehead atoms. The molecule has 16 heavy (non-hydrogen) atoms. The van der Waals surface area contributed by atoms with E-state index in [1.165, 1.54) is 0 Å². The molecule has 0 aliphatic heterocycles. The van der Waals surface area contributed by atoms with Crippen molar-refractivity contribution in [1.82, 2.24) is 0 Å². The van der Waals surface area contributed by atoms with Crippen LogP contribution in [-0.4, -0.2) is 7.11 Å². The maximum Gasteiger partial charge on any atom is 0.118 e. The summed E-state index contributed by atoms with van der Waals surface area (Å²) in [6.45, 7) is 0. The van der Waals surface area contributed by atoms with E-state index in [1.807, 2.05) is 30.3 Å². The van der Waals surface area contributed by atoms with Crippen molar-refractivity contribution < 1.29 is 4.74 Å². The van der Waals surface area contributed by atoms with Crippen LogP contribution in [0.2, 0.25) is 0 Å². The van der Waals surface area contributed by atoms with E-state index in [0.717, 1.165) is 16.9 Å². The molecule has 77 valence electrons. The van der Waals surface area contributed by atoms with Crippen molar-refractivity contribution in [2.45, 2.75) is 0 Å². The molecular weight excluding hydrogens is 198 g/mol. The van der Waals surface area contributed by atoms with Gasteiger partial charge < -0.3 is 4.74 Å². The molecule has 2 rings (SSSR count). The summed E-state index contributed by atoms with van der Waals surface area (Å²) in [5.74, 6) is 0.820. The van der Waals surface area contributed by atoms with Gasteiger partial charge in [0.2, 0.25) is 0 Å². The predicted octanol–water partition coefficient (Wildman–Crippen LogP) is 3.03. The fourth-order valence-corrected chi connectivity index (χ4v) is 1.47. The lowest BCUT2D eigenvalue weighted by Crippen LogP contribution is -1.83. The maximum absolute atomic E-state index is 8.81. The normalized spacial score (nSPS) is 9.50. The molecule has 0 saturated heterocycles. The van der Waals surface area contributed by atoms with Gasteiger partial charge in [-0.3, -0.25) is 0 Å². The molecule has 0 spiro atoms. The zero-order chi connectivity index (χ0) is 11.4. The average Bonchev–Trinajstić information content (AvgIpc) is 2.39. The van der Waals surface area contributed by atoms with Crippen molar-refractivity contribution in [3.8, 4) is 22.9 Å². The van der Waals surface area contributed by atoms with Crippen molar-refractivity contribution in [3.05, 3.63) is 54.1 Å². The first-order chi connectivity index (χ1) is 7.83. The summed E-state index contributed by atoms with van der Waals surface area (Å²) >= 11 is 0. The van der Waals surface area contributed by atoms with E-state index in [1.54, 1.807) is 19.2 Å². The van der Waals surface area contributed by atoms with Gasteiger partial charge in [0.25, 0.3) is 0 Å². The Hall–Kier alpha value is -2.27. The molecule has 1 radical (unpaired) electrons. The van der Waals surface area contributed by atoms with Crippen LogP contribution in [0.1, 0.15) is 5.56 Å². The van der Waals surface area contributed by atoms with Gasteiger partial charge in [0.05, 0.1) is 18.7 Å². The number of benzene rings is 2. The first kappa shape index (κ1) is 10.3. The number of hydrogen-bond acceptors (Lipinski definition) is 2. The van der Waals surface area contributed by atoms with Crippen LogP contribution in [-0.2, 0) is 0 Å². The van der Waals surface area contributed by atoms with Gasteiger partial charge in [0, 0.05) is 0 Å². The van der Waals surface area contributed by atoms with Gasteiger partial charge in [0.15, 0.2) is 0 Å². The molecule has 2 heteroatoms. The Kier molecular flexibility index (Phi) is 2.88. The van der Waals surface area contributed by atoms with Crippen LogP contribution in [0, 0.1) is 17.4 Å². The molecule has 0 fully saturated rings. The van der Waals surface area contributed by atoms with E-state index < -0.39 is 0 Å². The summed E-state index contributed by atoms with van der Waals surface area (Å²) in [6, 6.07) is 18.2. The summed E-state index contributed by atoms with van der Waals surface area (Å²) in [4.78, 5) is 0. The number of nitrogens with zero attached hydrogens (tertiary/aromatic N) is 1. The molecule has 2 aromatic carbocycles. The number of ether oxygens (including phenoxy) is 1. The number of hydrogen-bond donors (Lipinski definition) is 0. The third kappa shape index (κ3) is 2.04. The Bertz CT molecular complexity index is 523. The second-order valence-corrected chi connectivity index (χ2v) is 3.33. The first-order valence-electron chi connectivity index (χ1n) is 4.90. The van der Waals surface area contributed by atoms with Gasteiger partial charge in [-0.05, 0) is 41.5 Å². The molecule has 0 aromatic heterocycles. The van der Waals surface area contributed by atoms with Gasteiger partial charge in [-0.1, -0.05) is 18.2 Å². The third-order valence-electron chi connectivity index (χ3n) is 2.33. The Balaban J connectivity index is 2.39. The molecule has 0 atom stereocenters. The molecule has 0 amide bonds. The minimum Gasteiger partial charge on any atom is -0.497 e. The zero-order valence-electron chi connectivity index (χ0n) is 8.90. The largest absolute Gasteiger partial charge is 0.497 e. The monoisotopic (exact) mass is 208 g/mol. The van der Waals surface area contributed by atoms with Gasteiger partial charge in [-0.15, -0.1) is 0 Å². The van der Waals surface area contributed by atoms with Crippen LogP contribution >= 0.6 is 0 Å². The van der Waals surface area contributed by atoms with Crippen LogP contribution < -0.4 is 4.74 Å². The maximum atomic E-state index is 8.81. The van der Waals surface area contributed by atoms with Crippen molar-refractivity contribution in [3.63, 3.8) is 0 Å². The van der Waals surface area contributed by atoms with Crippen LogP contribution in [0.5, 0.6) is 5.75 Å². The zero-order valence-corrected chi connectivity index (χ0v) is 8.90. The van der Waals surface area contributed by atoms with Crippen LogP contribution in [0.15, 0.2) is 42.5 Å². The van der Waals surface area contributed by atoms with Gasteiger partial charge in [-0.25, -0.2) is 0 Å². The fraction of sp³-hybridized carbons (Fsp3) is 0.0714. The topological polar surface area (TPSA) is 33.0 Å². The second kappa shape index (κ2) is 4.50. The molecule has 0 heterocycles. The van der Waals surface area contributed by atoms with Crippen molar-refractivity contribution >= 4 is 0 Å². The molecule has 0 aliphatic rings. The second-order valence-electron chi connectivity index (χ2n) is 3.33. The van der Waals surface area contributed by atoms with E-state index in [4.69, 9.17) is 10.00 Å². The number of nitriles is 1. The minimum atomic E-state index is 0.643. The lowest BCUT2D eigenvalue weighted by atomic mass is 10.0. The summed E-state index contributed by atoms with van der Waals surface area (Å²) in [5, 5.41) is 8.81. The average molecular weight is 208 g/mol. The number of methoxy groups -OCH3 is 1. The highest BCUT2D eigenvalue weighted by atomic mass is 16.5. The quantitative estimate of drug-likeness (QED) is 0.760. The van der Waals surface area contributed by atoms with Gasteiger partial charge in [0.1, 0.15) is 5.75 Å². The van der Waals surface area contributed by atoms with Crippen molar-refractivity contribution in [2.24, 2.45) is 0 Å². The lowest BCUT2D eigenvalue weighted by Gasteiger charge is -2.03. The van der Waals surface area contributed by atoms with Crippen molar-refractivity contribution in [1.29, 1.82) is 5.26 Å². The molecule has 0 saturated carbocycles. The molecule has 2 nitrogen and oxygen atoms in total. The summed E-state index contributed by atoms with van der Waals surface area (Å²) in [7, 11) is 1.64. The number of rotatable bonds is 2. The summed E-state index contributed by atoms with van der Waals surface area (Å²) in [5.41, 5.74) is 2.59. The van der Waals surface area contributed by atoms with E-state index in [9.17, 15) is 0 Å². The minimum absolute atomic E-state index is 0.643. The van der Waals surface area contributed by atoms with Crippen LogP contribution in [0.25, 0.3) is 11.1 Å². The van der Waals surface area contributed by atoms with Gasteiger partial charge >= 0.3 is 0 Å². The molecule has 2 aromatic rings. The standard InChI is InChI=1S/C14H10NO/c1-16-14-7-5-12(6-8-14)13-4-2-3-11(9-13)10-15/h2-3,5-9H,1H3.